The number of halogens is 2. The van der Waals surface area contributed by atoms with Gasteiger partial charge in [-0.15, -0.1) is 0 Å². The van der Waals surface area contributed by atoms with Gasteiger partial charge in [0.25, 0.3) is 5.91 Å². The van der Waals surface area contributed by atoms with Crippen LogP contribution in [0.5, 0.6) is 0 Å². The topological polar surface area (TPSA) is 76.0 Å². The van der Waals surface area contributed by atoms with Crippen LogP contribution in [0.15, 0.2) is 54.7 Å². The third kappa shape index (κ3) is 3.41. The molecule has 3 aromatic rings. The third-order valence-corrected chi connectivity index (χ3v) is 4.90. The molecule has 136 valence electrons. The molecule has 0 saturated heterocycles. The first-order valence-electron chi connectivity index (χ1n) is 8.21. The number of aromatic nitrogens is 2. The first kappa shape index (κ1) is 17.6. The maximum absolute atomic E-state index is 12.4. The van der Waals surface area contributed by atoms with Gasteiger partial charge in [0.15, 0.2) is 0 Å². The maximum Gasteiger partial charge on any atom is 0.251 e. The molecule has 6 nitrogen and oxygen atoms in total. The first-order chi connectivity index (χ1) is 13.0. The van der Waals surface area contributed by atoms with Crippen LogP contribution >= 0.6 is 23.2 Å². The van der Waals surface area contributed by atoms with Gasteiger partial charge in [0.1, 0.15) is 11.9 Å². The summed E-state index contributed by atoms with van der Waals surface area (Å²) in [4.78, 5) is 24.8. The predicted molar refractivity (Wildman–Crippen MR) is 105 cm³/mol. The number of para-hydroxylation sites is 1. The van der Waals surface area contributed by atoms with Gasteiger partial charge in [-0.25, -0.2) is 4.68 Å². The molecule has 0 spiro atoms. The van der Waals surface area contributed by atoms with Gasteiger partial charge in [-0.05, 0) is 29.8 Å². The minimum absolute atomic E-state index is 0.0498. The van der Waals surface area contributed by atoms with E-state index in [0.717, 1.165) is 11.1 Å². The molecule has 4 rings (SSSR count). The maximum atomic E-state index is 12.4. The molecule has 0 saturated carbocycles. The zero-order chi connectivity index (χ0) is 19.0. The van der Waals surface area contributed by atoms with E-state index in [4.69, 9.17) is 23.2 Å². The Balaban J connectivity index is 1.55. The van der Waals surface area contributed by atoms with Crippen LogP contribution in [-0.2, 0) is 9.59 Å². The number of fused-ring (bicyclic) bond motifs is 1. The molecule has 2 aromatic carbocycles. The summed E-state index contributed by atoms with van der Waals surface area (Å²) in [5, 5.41) is 10.9. The number of anilines is 2. The molecule has 0 aliphatic carbocycles. The summed E-state index contributed by atoms with van der Waals surface area (Å²) in [6, 6.07) is 13.5. The molecule has 27 heavy (non-hydrogen) atoms. The molecule has 1 unspecified atom stereocenters. The smallest absolute Gasteiger partial charge is 0.251 e. The number of benzene rings is 2. The average molecular weight is 401 g/mol. The summed E-state index contributed by atoms with van der Waals surface area (Å²) in [5.41, 5.74) is 2.15. The number of amides is 2. The Morgan fingerprint density at radius 3 is 2.63 bits per heavy atom. The Bertz CT molecular complexity index is 1030. The van der Waals surface area contributed by atoms with E-state index in [0.29, 0.717) is 21.6 Å². The molecule has 2 N–H and O–H groups in total. The van der Waals surface area contributed by atoms with Crippen molar-refractivity contribution in [2.24, 2.45) is 0 Å². The number of carbonyl (C=O) groups is 2. The number of hydrogen-bond acceptors (Lipinski definition) is 3. The SMILES string of the molecule is O=C(CC1C(=O)Nc2c(-c3ccc(Cl)cc3)cnn21)Nc1ccccc1Cl. The van der Waals surface area contributed by atoms with Crippen LogP contribution in [-0.4, -0.2) is 21.6 Å². The lowest BCUT2D eigenvalue weighted by Gasteiger charge is -2.10. The molecule has 2 amide bonds. The summed E-state index contributed by atoms with van der Waals surface area (Å²) >= 11 is 12.0. The molecule has 8 heteroatoms. The minimum atomic E-state index is -0.719. The van der Waals surface area contributed by atoms with Crippen molar-refractivity contribution in [2.45, 2.75) is 12.5 Å². The lowest BCUT2D eigenvalue weighted by atomic mass is 10.1. The summed E-state index contributed by atoms with van der Waals surface area (Å²) in [7, 11) is 0. The fourth-order valence-electron chi connectivity index (χ4n) is 2.99. The second-order valence-corrected chi connectivity index (χ2v) is 6.94. The normalized spacial score (nSPS) is 15.3. The quantitative estimate of drug-likeness (QED) is 0.681. The van der Waals surface area contributed by atoms with Crippen LogP contribution in [0.25, 0.3) is 11.1 Å². The molecular weight excluding hydrogens is 387 g/mol. The highest BCUT2D eigenvalue weighted by molar-refractivity contribution is 6.33. The van der Waals surface area contributed by atoms with Crippen LogP contribution in [0.4, 0.5) is 11.5 Å². The van der Waals surface area contributed by atoms with Gasteiger partial charge in [-0.2, -0.15) is 5.10 Å². The van der Waals surface area contributed by atoms with Crippen molar-refractivity contribution in [1.29, 1.82) is 0 Å². The van der Waals surface area contributed by atoms with E-state index in [1.807, 2.05) is 12.1 Å². The summed E-state index contributed by atoms with van der Waals surface area (Å²) < 4.78 is 1.54. The minimum Gasteiger partial charge on any atom is -0.325 e. The summed E-state index contributed by atoms with van der Waals surface area (Å²) in [6.07, 6.45) is 1.61. The highest BCUT2D eigenvalue weighted by Crippen LogP contribution is 2.36. The molecular formula is C19H14Cl2N4O2. The number of hydrogen-bond donors (Lipinski definition) is 2. The van der Waals surface area contributed by atoms with E-state index < -0.39 is 6.04 Å². The van der Waals surface area contributed by atoms with Gasteiger partial charge in [0.05, 0.1) is 23.3 Å². The summed E-state index contributed by atoms with van der Waals surface area (Å²) in [5.74, 6) is -0.0277. The zero-order valence-electron chi connectivity index (χ0n) is 13.9. The Morgan fingerprint density at radius 2 is 1.89 bits per heavy atom. The lowest BCUT2D eigenvalue weighted by Crippen LogP contribution is -2.23. The van der Waals surface area contributed by atoms with Gasteiger partial charge in [0, 0.05) is 10.6 Å². The van der Waals surface area contributed by atoms with Gasteiger partial charge >= 0.3 is 0 Å². The van der Waals surface area contributed by atoms with Crippen molar-refractivity contribution >= 4 is 46.5 Å². The van der Waals surface area contributed by atoms with E-state index in [2.05, 4.69) is 15.7 Å². The second-order valence-electron chi connectivity index (χ2n) is 6.10. The van der Waals surface area contributed by atoms with Gasteiger partial charge < -0.3 is 10.6 Å². The highest BCUT2D eigenvalue weighted by Gasteiger charge is 2.35. The Kier molecular flexibility index (Phi) is 4.59. The third-order valence-electron chi connectivity index (χ3n) is 4.32. The van der Waals surface area contributed by atoms with Crippen molar-refractivity contribution in [3.8, 4) is 11.1 Å². The molecule has 1 aliphatic heterocycles. The molecule has 0 radical (unpaired) electrons. The fourth-order valence-corrected chi connectivity index (χ4v) is 3.30. The number of nitrogens with one attached hydrogen (secondary N) is 2. The van der Waals surface area contributed by atoms with E-state index in [-0.39, 0.29) is 18.2 Å². The number of carbonyl (C=O) groups excluding carboxylic acids is 2. The lowest BCUT2D eigenvalue weighted by molar-refractivity contribution is -0.123. The van der Waals surface area contributed by atoms with Crippen LogP contribution in [0, 0.1) is 0 Å². The fraction of sp³-hybridized carbons (Fsp3) is 0.105. The highest BCUT2D eigenvalue weighted by atomic mass is 35.5. The van der Waals surface area contributed by atoms with E-state index >= 15 is 0 Å². The number of rotatable bonds is 4. The second kappa shape index (κ2) is 7.06. The van der Waals surface area contributed by atoms with Gasteiger partial charge in [-0.3, -0.25) is 9.59 Å². The Morgan fingerprint density at radius 1 is 1.15 bits per heavy atom. The Labute approximate surface area is 165 Å². The first-order valence-corrected chi connectivity index (χ1v) is 8.97. The molecule has 2 heterocycles. The van der Waals surface area contributed by atoms with E-state index in [9.17, 15) is 9.59 Å². The van der Waals surface area contributed by atoms with Crippen LogP contribution < -0.4 is 10.6 Å². The molecule has 0 bridgehead atoms. The van der Waals surface area contributed by atoms with Crippen molar-refractivity contribution in [1.82, 2.24) is 9.78 Å². The van der Waals surface area contributed by atoms with Gasteiger partial charge in [-0.1, -0.05) is 47.5 Å². The van der Waals surface area contributed by atoms with Crippen LogP contribution in [0.1, 0.15) is 12.5 Å². The van der Waals surface area contributed by atoms with Crippen molar-refractivity contribution < 1.29 is 9.59 Å². The van der Waals surface area contributed by atoms with Crippen molar-refractivity contribution in [2.75, 3.05) is 10.6 Å². The number of nitrogens with zero attached hydrogens (tertiary/aromatic N) is 2. The Hall–Kier alpha value is -2.83. The summed E-state index contributed by atoms with van der Waals surface area (Å²) in [6.45, 7) is 0. The van der Waals surface area contributed by atoms with E-state index in [1.54, 1.807) is 47.3 Å². The predicted octanol–water partition coefficient (Wildman–Crippen LogP) is 4.38. The van der Waals surface area contributed by atoms with Crippen molar-refractivity contribution in [3.63, 3.8) is 0 Å². The standard InChI is InChI=1S/C19H14Cl2N4O2/c20-12-7-5-11(6-8-12)13-10-22-25-16(19(27)24-18(13)25)9-17(26)23-15-4-2-1-3-14(15)21/h1-8,10,16H,9H2,(H,23,26)(H,24,27). The molecule has 0 fully saturated rings. The molecule has 1 aromatic heterocycles. The van der Waals surface area contributed by atoms with Crippen LogP contribution in [0.3, 0.4) is 0 Å². The van der Waals surface area contributed by atoms with Gasteiger partial charge in [0.2, 0.25) is 5.91 Å². The van der Waals surface area contributed by atoms with Crippen molar-refractivity contribution in [3.05, 3.63) is 64.8 Å². The average Bonchev–Trinajstić information content (AvgIpc) is 3.18. The zero-order valence-corrected chi connectivity index (χ0v) is 15.5. The molecule has 1 atom stereocenters. The monoisotopic (exact) mass is 400 g/mol. The van der Waals surface area contributed by atoms with Crippen LogP contribution in [0.2, 0.25) is 10.0 Å². The molecule has 1 aliphatic rings. The van der Waals surface area contributed by atoms with E-state index in [1.165, 1.54) is 0 Å². The largest absolute Gasteiger partial charge is 0.325 e.